The molecule has 2 aromatic heterocycles. The molecule has 128 valence electrons. The van der Waals surface area contributed by atoms with Crippen molar-refractivity contribution in [2.24, 2.45) is 0 Å². The highest BCUT2D eigenvalue weighted by molar-refractivity contribution is 7.71. The number of aromatic amines is 3. The molecular formula is C17H16ClN5OS. The van der Waals surface area contributed by atoms with Crippen LogP contribution in [0.3, 0.4) is 0 Å². The van der Waals surface area contributed by atoms with Gasteiger partial charge in [0.25, 0.3) is 5.56 Å². The first-order chi connectivity index (χ1) is 12.1. The minimum atomic E-state index is -0.103. The van der Waals surface area contributed by atoms with Gasteiger partial charge >= 0.3 is 0 Å². The molecule has 0 amide bonds. The van der Waals surface area contributed by atoms with Crippen LogP contribution < -0.4 is 5.56 Å². The van der Waals surface area contributed by atoms with Crippen molar-refractivity contribution in [2.75, 3.05) is 6.54 Å². The standard InChI is InChI=1S/C17H16ClN5OS/c18-12-3-1-10(2-4-12)15-11(7-19-22-15)8-23-6-5-14-13(9-23)16(24)21-17(25)20-14/h1-4,7H,5-6,8-9H2,(H,19,22)(H2,20,21,24,25). The van der Waals surface area contributed by atoms with Gasteiger partial charge in [-0.25, -0.2) is 0 Å². The van der Waals surface area contributed by atoms with E-state index in [1.54, 1.807) is 0 Å². The van der Waals surface area contributed by atoms with E-state index in [0.29, 0.717) is 22.9 Å². The van der Waals surface area contributed by atoms with Crippen LogP contribution >= 0.6 is 23.8 Å². The number of hydrogen-bond donors (Lipinski definition) is 3. The average Bonchev–Trinajstić information content (AvgIpc) is 3.04. The highest BCUT2D eigenvalue weighted by atomic mass is 35.5. The molecule has 0 fully saturated rings. The van der Waals surface area contributed by atoms with Gasteiger partial charge in [0.2, 0.25) is 0 Å². The van der Waals surface area contributed by atoms with Crippen molar-refractivity contribution in [1.82, 2.24) is 25.1 Å². The molecule has 25 heavy (non-hydrogen) atoms. The fourth-order valence-corrected chi connectivity index (χ4v) is 3.53. The lowest BCUT2D eigenvalue weighted by Crippen LogP contribution is -2.35. The number of H-pyrrole nitrogens is 3. The summed E-state index contributed by atoms with van der Waals surface area (Å²) in [4.78, 5) is 20.1. The van der Waals surface area contributed by atoms with E-state index >= 15 is 0 Å². The lowest BCUT2D eigenvalue weighted by Gasteiger charge is -2.27. The summed E-state index contributed by atoms with van der Waals surface area (Å²) in [6.45, 7) is 2.15. The number of fused-ring (bicyclic) bond motifs is 1. The van der Waals surface area contributed by atoms with Crippen molar-refractivity contribution in [1.29, 1.82) is 0 Å². The van der Waals surface area contributed by atoms with Crippen LogP contribution in [0.25, 0.3) is 11.3 Å². The number of nitrogens with zero attached hydrogens (tertiary/aromatic N) is 2. The molecule has 3 heterocycles. The fraction of sp³-hybridized carbons (Fsp3) is 0.235. The normalized spacial score (nSPS) is 14.4. The summed E-state index contributed by atoms with van der Waals surface area (Å²) in [5, 5.41) is 7.95. The Bertz CT molecular complexity index is 1020. The fourth-order valence-electron chi connectivity index (χ4n) is 3.19. The molecular weight excluding hydrogens is 358 g/mol. The molecule has 8 heteroatoms. The number of aromatic nitrogens is 4. The van der Waals surface area contributed by atoms with Gasteiger partial charge in [-0.15, -0.1) is 0 Å². The second kappa shape index (κ2) is 6.59. The first-order valence-electron chi connectivity index (χ1n) is 7.95. The van der Waals surface area contributed by atoms with Crippen LogP contribution in [0.5, 0.6) is 0 Å². The quantitative estimate of drug-likeness (QED) is 0.616. The van der Waals surface area contributed by atoms with Crippen LogP contribution in [0.2, 0.25) is 5.02 Å². The molecule has 0 bridgehead atoms. The third-order valence-electron chi connectivity index (χ3n) is 4.43. The topological polar surface area (TPSA) is 80.6 Å². The van der Waals surface area contributed by atoms with Crippen molar-refractivity contribution in [3.63, 3.8) is 0 Å². The van der Waals surface area contributed by atoms with E-state index in [1.165, 1.54) is 0 Å². The number of nitrogens with one attached hydrogen (secondary N) is 3. The van der Waals surface area contributed by atoms with Crippen LogP contribution in [0.1, 0.15) is 16.8 Å². The van der Waals surface area contributed by atoms with Gasteiger partial charge in [0.1, 0.15) is 0 Å². The maximum absolute atomic E-state index is 12.2. The molecule has 0 aliphatic carbocycles. The number of halogens is 1. The Morgan fingerprint density at radius 3 is 2.84 bits per heavy atom. The largest absolute Gasteiger partial charge is 0.335 e. The Morgan fingerprint density at radius 1 is 1.24 bits per heavy atom. The molecule has 0 saturated carbocycles. The molecule has 0 radical (unpaired) electrons. The van der Waals surface area contributed by atoms with Crippen molar-refractivity contribution >= 4 is 23.8 Å². The molecule has 0 unspecified atom stereocenters. The smallest absolute Gasteiger partial charge is 0.256 e. The van der Waals surface area contributed by atoms with Gasteiger partial charge in [0.05, 0.1) is 17.5 Å². The van der Waals surface area contributed by atoms with Crippen LogP contribution in [-0.2, 0) is 19.5 Å². The van der Waals surface area contributed by atoms with E-state index in [-0.39, 0.29) is 5.56 Å². The predicted molar refractivity (Wildman–Crippen MR) is 99.1 cm³/mol. The average molecular weight is 374 g/mol. The van der Waals surface area contributed by atoms with E-state index in [1.807, 2.05) is 30.5 Å². The summed E-state index contributed by atoms with van der Waals surface area (Å²) in [6.07, 6.45) is 2.61. The zero-order valence-corrected chi connectivity index (χ0v) is 14.9. The summed E-state index contributed by atoms with van der Waals surface area (Å²) in [7, 11) is 0. The Hall–Kier alpha value is -2.22. The van der Waals surface area contributed by atoms with Crippen molar-refractivity contribution in [3.05, 3.63) is 67.4 Å². The zero-order valence-electron chi connectivity index (χ0n) is 13.3. The lowest BCUT2D eigenvalue weighted by atomic mass is 10.0. The third-order valence-corrected chi connectivity index (χ3v) is 4.89. The molecule has 1 aliphatic rings. The molecule has 0 spiro atoms. The molecule has 0 atom stereocenters. The zero-order chi connectivity index (χ0) is 17.4. The summed E-state index contributed by atoms with van der Waals surface area (Å²) < 4.78 is 0.386. The van der Waals surface area contributed by atoms with Crippen molar-refractivity contribution in [3.8, 4) is 11.3 Å². The maximum Gasteiger partial charge on any atom is 0.256 e. The minimum absolute atomic E-state index is 0.103. The molecule has 4 rings (SSSR count). The highest BCUT2D eigenvalue weighted by Crippen LogP contribution is 2.25. The van der Waals surface area contributed by atoms with Gasteiger partial charge in [0.15, 0.2) is 4.77 Å². The first-order valence-corrected chi connectivity index (χ1v) is 8.73. The molecule has 1 aliphatic heterocycles. The van der Waals surface area contributed by atoms with Gasteiger partial charge in [-0.05, 0) is 29.9 Å². The first kappa shape index (κ1) is 16.3. The number of hydrogen-bond acceptors (Lipinski definition) is 4. The monoisotopic (exact) mass is 373 g/mol. The third kappa shape index (κ3) is 3.30. The van der Waals surface area contributed by atoms with E-state index < -0.39 is 0 Å². The Kier molecular flexibility index (Phi) is 4.29. The number of benzene rings is 1. The van der Waals surface area contributed by atoms with E-state index in [9.17, 15) is 4.79 Å². The maximum atomic E-state index is 12.2. The second-order valence-electron chi connectivity index (χ2n) is 6.10. The predicted octanol–water partition coefficient (Wildman–Crippen LogP) is 3.03. The van der Waals surface area contributed by atoms with Crippen LogP contribution in [0, 0.1) is 4.77 Å². The van der Waals surface area contributed by atoms with Crippen LogP contribution in [0.15, 0.2) is 35.3 Å². The van der Waals surface area contributed by atoms with Gasteiger partial charge < -0.3 is 4.98 Å². The molecule has 3 aromatic rings. The van der Waals surface area contributed by atoms with Gasteiger partial charge in [-0.3, -0.25) is 19.8 Å². The molecule has 1 aromatic carbocycles. The summed E-state index contributed by atoms with van der Waals surface area (Å²) >= 11 is 11.0. The Morgan fingerprint density at radius 2 is 2.04 bits per heavy atom. The summed E-state index contributed by atoms with van der Waals surface area (Å²) in [5.41, 5.74) is 4.70. The van der Waals surface area contributed by atoms with E-state index in [4.69, 9.17) is 23.8 Å². The van der Waals surface area contributed by atoms with E-state index in [2.05, 4.69) is 25.1 Å². The SMILES string of the molecule is O=c1[nH]c(=S)[nH]c2c1CN(Cc1cn[nH]c1-c1ccc(Cl)cc1)CC2. The van der Waals surface area contributed by atoms with Gasteiger partial charge in [-0.2, -0.15) is 5.10 Å². The molecule has 0 saturated heterocycles. The van der Waals surface area contributed by atoms with Crippen molar-refractivity contribution in [2.45, 2.75) is 19.5 Å². The van der Waals surface area contributed by atoms with Crippen molar-refractivity contribution < 1.29 is 0 Å². The van der Waals surface area contributed by atoms with Crippen LogP contribution in [-0.4, -0.2) is 31.6 Å². The second-order valence-corrected chi connectivity index (χ2v) is 6.95. The minimum Gasteiger partial charge on any atom is -0.335 e. The molecule has 3 N–H and O–H groups in total. The van der Waals surface area contributed by atoms with E-state index in [0.717, 1.165) is 41.0 Å². The molecule has 6 nitrogen and oxygen atoms in total. The van der Waals surface area contributed by atoms with Gasteiger partial charge in [-0.1, -0.05) is 23.7 Å². The lowest BCUT2D eigenvalue weighted by molar-refractivity contribution is 0.242. The Labute approximate surface area is 153 Å². The summed E-state index contributed by atoms with van der Waals surface area (Å²) in [5.74, 6) is 0. The van der Waals surface area contributed by atoms with Crippen LogP contribution in [0.4, 0.5) is 0 Å². The highest BCUT2D eigenvalue weighted by Gasteiger charge is 2.21. The number of rotatable bonds is 3. The van der Waals surface area contributed by atoms with Gasteiger partial charge in [0, 0.05) is 42.3 Å². The summed E-state index contributed by atoms with van der Waals surface area (Å²) in [6, 6.07) is 7.66. The Balaban J connectivity index is 1.58.